The Kier molecular flexibility index (Phi) is 7.13. The number of hydrogen-bond donors (Lipinski definition) is 0. The largest absolute Gasteiger partial charge is 0.497 e. The van der Waals surface area contributed by atoms with Gasteiger partial charge in [0.1, 0.15) is 5.75 Å². The highest BCUT2D eigenvalue weighted by atomic mass is 32.2. The third kappa shape index (κ3) is 4.82. The first-order valence-corrected chi connectivity index (χ1v) is 13.3. The van der Waals surface area contributed by atoms with Gasteiger partial charge in [-0.25, -0.2) is 13.4 Å². The Morgan fingerprint density at radius 1 is 0.969 bits per heavy atom. The normalized spacial score (nSPS) is 16.1. The van der Waals surface area contributed by atoms with Gasteiger partial charge >= 0.3 is 0 Å². The molecule has 0 aliphatic carbocycles. The molecule has 2 aromatic carbocycles. The Morgan fingerprint density at radius 3 is 2.22 bits per heavy atom. The Morgan fingerprint density at radius 2 is 1.62 bits per heavy atom. The molecule has 6 nitrogen and oxygen atoms in total. The van der Waals surface area contributed by atoms with Crippen LogP contribution in [0.3, 0.4) is 0 Å². The van der Waals surface area contributed by atoms with Crippen molar-refractivity contribution in [1.29, 1.82) is 0 Å². The summed E-state index contributed by atoms with van der Waals surface area (Å²) in [5.41, 5.74) is 2.87. The number of hydrogen-bond acceptors (Lipinski definition) is 5. The summed E-state index contributed by atoms with van der Waals surface area (Å²) in [6.07, 6.45) is 4.07. The summed E-state index contributed by atoms with van der Waals surface area (Å²) in [5.74, 6) is 0.800. The fourth-order valence-corrected chi connectivity index (χ4v) is 6.46. The molecule has 8 heteroatoms. The van der Waals surface area contributed by atoms with Gasteiger partial charge < -0.3 is 9.30 Å². The van der Waals surface area contributed by atoms with Crippen LogP contribution in [0.25, 0.3) is 11.3 Å². The molecule has 0 amide bonds. The number of thiazole rings is 1. The quantitative estimate of drug-likeness (QED) is 0.506. The second-order valence-electron chi connectivity index (χ2n) is 7.80. The fraction of sp³-hybridized carbons (Fsp3) is 0.375. The molecule has 0 spiro atoms. The van der Waals surface area contributed by atoms with E-state index < -0.39 is 10.0 Å². The van der Waals surface area contributed by atoms with Crippen LogP contribution >= 0.6 is 11.3 Å². The van der Waals surface area contributed by atoms with Crippen LogP contribution in [0.15, 0.2) is 63.8 Å². The topological polar surface area (TPSA) is 63.9 Å². The number of nitrogens with zero attached hydrogens (tertiary/aromatic N) is 3. The minimum absolute atomic E-state index is 0.365. The third-order valence-electron chi connectivity index (χ3n) is 5.76. The summed E-state index contributed by atoms with van der Waals surface area (Å²) < 4.78 is 35.1. The van der Waals surface area contributed by atoms with Gasteiger partial charge in [0.15, 0.2) is 4.80 Å². The van der Waals surface area contributed by atoms with Crippen LogP contribution < -0.4 is 9.54 Å². The van der Waals surface area contributed by atoms with Gasteiger partial charge in [0, 0.05) is 25.0 Å². The van der Waals surface area contributed by atoms with Crippen molar-refractivity contribution in [1.82, 2.24) is 8.87 Å². The van der Waals surface area contributed by atoms with Gasteiger partial charge in [-0.2, -0.15) is 4.31 Å². The van der Waals surface area contributed by atoms with Crippen LogP contribution in [0.4, 0.5) is 5.69 Å². The van der Waals surface area contributed by atoms with E-state index >= 15 is 0 Å². The van der Waals surface area contributed by atoms with E-state index in [1.165, 1.54) is 0 Å². The molecule has 0 unspecified atom stereocenters. The lowest BCUT2D eigenvalue weighted by Gasteiger charge is -2.20. The van der Waals surface area contributed by atoms with E-state index in [1.54, 1.807) is 34.9 Å². The number of aromatic nitrogens is 1. The van der Waals surface area contributed by atoms with Crippen LogP contribution in [-0.2, 0) is 16.6 Å². The minimum atomic E-state index is -3.44. The van der Waals surface area contributed by atoms with E-state index in [4.69, 9.17) is 9.73 Å². The van der Waals surface area contributed by atoms with E-state index in [1.807, 2.05) is 36.4 Å². The zero-order valence-corrected chi connectivity index (χ0v) is 20.2. The Balaban J connectivity index is 1.62. The highest BCUT2D eigenvalue weighted by molar-refractivity contribution is 7.89. The summed E-state index contributed by atoms with van der Waals surface area (Å²) in [7, 11) is -1.79. The van der Waals surface area contributed by atoms with Crippen LogP contribution in [-0.4, -0.2) is 37.5 Å². The number of ether oxygens (including phenoxy) is 1. The Bertz CT molecular complexity index is 1200. The molecule has 0 radical (unpaired) electrons. The maximum atomic E-state index is 13.1. The molecule has 1 fully saturated rings. The zero-order valence-electron chi connectivity index (χ0n) is 18.5. The summed E-state index contributed by atoms with van der Waals surface area (Å²) >= 11 is 1.57. The van der Waals surface area contributed by atoms with Crippen molar-refractivity contribution in [2.75, 3.05) is 20.2 Å². The van der Waals surface area contributed by atoms with Crippen LogP contribution in [0.1, 0.15) is 32.6 Å². The zero-order chi connectivity index (χ0) is 22.6. The molecule has 0 N–H and O–H groups in total. The van der Waals surface area contributed by atoms with Crippen molar-refractivity contribution in [3.63, 3.8) is 0 Å². The Hall–Kier alpha value is -2.42. The van der Waals surface area contributed by atoms with Gasteiger partial charge in [-0.1, -0.05) is 25.0 Å². The molecule has 0 saturated carbocycles. The molecule has 0 bridgehead atoms. The van der Waals surface area contributed by atoms with Crippen molar-refractivity contribution < 1.29 is 13.2 Å². The van der Waals surface area contributed by atoms with E-state index in [9.17, 15) is 8.42 Å². The minimum Gasteiger partial charge on any atom is -0.497 e. The number of benzene rings is 2. The molecule has 3 aromatic rings. The predicted octanol–water partition coefficient (Wildman–Crippen LogP) is 5.04. The van der Waals surface area contributed by atoms with E-state index in [0.717, 1.165) is 59.7 Å². The molecule has 1 aliphatic heterocycles. The smallest absolute Gasteiger partial charge is 0.243 e. The molecular weight excluding hydrogens is 442 g/mol. The van der Waals surface area contributed by atoms with Crippen molar-refractivity contribution >= 4 is 27.0 Å². The van der Waals surface area contributed by atoms with Crippen molar-refractivity contribution in [2.24, 2.45) is 4.99 Å². The maximum absolute atomic E-state index is 13.1. The first-order valence-electron chi connectivity index (χ1n) is 11.0. The molecule has 0 atom stereocenters. The predicted molar refractivity (Wildman–Crippen MR) is 129 cm³/mol. The maximum Gasteiger partial charge on any atom is 0.243 e. The third-order valence-corrected chi connectivity index (χ3v) is 8.54. The van der Waals surface area contributed by atoms with Gasteiger partial charge in [0.05, 0.1) is 23.4 Å². The van der Waals surface area contributed by atoms with Gasteiger partial charge in [0.25, 0.3) is 0 Å². The van der Waals surface area contributed by atoms with Crippen LogP contribution in [0.2, 0.25) is 0 Å². The fourth-order valence-electron chi connectivity index (χ4n) is 3.95. The lowest BCUT2D eigenvalue weighted by atomic mass is 10.2. The second kappa shape index (κ2) is 10.0. The lowest BCUT2D eigenvalue weighted by molar-refractivity contribution is 0.415. The molecule has 170 valence electrons. The molecule has 32 heavy (non-hydrogen) atoms. The number of methoxy groups -OCH3 is 1. The van der Waals surface area contributed by atoms with Crippen molar-refractivity contribution in [2.45, 2.75) is 44.0 Å². The van der Waals surface area contributed by atoms with Crippen LogP contribution in [0, 0.1) is 0 Å². The summed E-state index contributed by atoms with van der Waals surface area (Å²) in [6, 6.07) is 14.9. The van der Waals surface area contributed by atoms with E-state index in [2.05, 4.69) is 16.9 Å². The number of rotatable bonds is 6. The summed E-state index contributed by atoms with van der Waals surface area (Å²) in [6.45, 7) is 4.07. The lowest BCUT2D eigenvalue weighted by Crippen LogP contribution is -2.31. The van der Waals surface area contributed by atoms with E-state index in [-0.39, 0.29) is 0 Å². The average molecular weight is 472 g/mol. The highest BCUT2D eigenvalue weighted by Crippen LogP contribution is 2.26. The van der Waals surface area contributed by atoms with E-state index in [0.29, 0.717) is 18.0 Å². The van der Waals surface area contributed by atoms with Gasteiger partial charge in [-0.3, -0.25) is 0 Å². The first kappa shape index (κ1) is 22.8. The molecular formula is C24H29N3O3S2. The molecule has 4 rings (SSSR count). The Labute approximate surface area is 193 Å². The monoisotopic (exact) mass is 471 g/mol. The SMILES string of the molecule is CCn1c(-c2ccc(S(=O)(=O)N3CCCCCC3)cc2)csc1=Nc1ccc(OC)cc1. The average Bonchev–Trinajstić information content (AvgIpc) is 3.02. The summed E-state index contributed by atoms with van der Waals surface area (Å²) in [4.78, 5) is 6.05. The molecule has 2 heterocycles. The molecule has 1 aliphatic rings. The number of sulfonamides is 1. The highest BCUT2D eigenvalue weighted by Gasteiger charge is 2.25. The summed E-state index contributed by atoms with van der Waals surface area (Å²) in [5, 5.41) is 2.07. The second-order valence-corrected chi connectivity index (χ2v) is 10.6. The van der Waals surface area contributed by atoms with Crippen molar-refractivity contribution in [3.8, 4) is 17.0 Å². The molecule has 1 aromatic heterocycles. The molecule has 1 saturated heterocycles. The van der Waals surface area contributed by atoms with Gasteiger partial charge in [0.2, 0.25) is 10.0 Å². The van der Waals surface area contributed by atoms with Gasteiger partial charge in [-0.15, -0.1) is 11.3 Å². The first-order chi connectivity index (χ1) is 15.5. The standard InChI is InChI=1S/C24H29N3O3S2/c1-3-27-23(18-31-24(27)25-20-10-12-21(30-2)13-11-20)19-8-14-22(15-9-19)32(28,29)26-16-6-4-5-7-17-26/h8-15,18H,3-7,16-17H2,1-2H3. The van der Waals surface area contributed by atoms with Crippen LogP contribution in [0.5, 0.6) is 5.75 Å². The van der Waals surface area contributed by atoms with Gasteiger partial charge in [-0.05, 0) is 61.7 Å². The van der Waals surface area contributed by atoms with Crippen molar-refractivity contribution in [3.05, 3.63) is 58.7 Å².